The maximum absolute atomic E-state index is 12.0. The second kappa shape index (κ2) is 8.11. The molecule has 1 aliphatic carbocycles. The SMILES string of the molecule is O=C(O)C(F)(F)F.O=C1CC(c2ccccc2)C2(CCN(CC3CC3)CC2)N1. The van der Waals surface area contributed by atoms with E-state index in [4.69, 9.17) is 9.90 Å². The van der Waals surface area contributed by atoms with Crippen LogP contribution in [0.15, 0.2) is 30.3 Å². The van der Waals surface area contributed by atoms with Crippen molar-refractivity contribution in [2.24, 2.45) is 5.92 Å². The molecule has 28 heavy (non-hydrogen) atoms. The molecule has 0 radical (unpaired) electrons. The number of carboxylic acids is 1. The number of likely N-dealkylation sites (tertiary alicyclic amines) is 1. The lowest BCUT2D eigenvalue weighted by atomic mass is 9.74. The predicted molar refractivity (Wildman–Crippen MR) is 96.8 cm³/mol. The Balaban J connectivity index is 0.000000279. The fraction of sp³-hybridized carbons (Fsp3) is 0.600. The number of carboxylic acid groups (broad SMARTS) is 1. The second-order valence-electron chi connectivity index (χ2n) is 7.92. The second-order valence-corrected chi connectivity index (χ2v) is 7.92. The van der Waals surface area contributed by atoms with Crippen molar-refractivity contribution in [2.75, 3.05) is 19.6 Å². The standard InChI is InChI=1S/C18H24N2O.C2HF3O2/c21-17-12-16(15-4-2-1-3-5-15)18(19-17)8-10-20(11-9-18)13-14-6-7-14;3-2(4,5)1(6)7/h1-5,14,16H,6-13H2,(H,19,21);(H,6,7). The van der Waals surface area contributed by atoms with Crippen LogP contribution in [-0.4, -0.2) is 53.2 Å². The summed E-state index contributed by atoms with van der Waals surface area (Å²) in [6.07, 6.45) is 0.624. The third kappa shape index (κ3) is 5.04. The Morgan fingerprint density at radius 2 is 1.75 bits per heavy atom. The first-order valence-corrected chi connectivity index (χ1v) is 9.58. The Kier molecular flexibility index (Phi) is 5.98. The summed E-state index contributed by atoms with van der Waals surface area (Å²) in [5, 5.41) is 10.5. The summed E-state index contributed by atoms with van der Waals surface area (Å²) in [6.45, 7) is 3.56. The number of nitrogens with one attached hydrogen (secondary N) is 1. The molecule has 2 saturated heterocycles. The molecular formula is C20H25F3N2O3. The summed E-state index contributed by atoms with van der Waals surface area (Å²) in [5.41, 5.74) is 1.34. The van der Waals surface area contributed by atoms with Crippen molar-refractivity contribution in [2.45, 2.75) is 49.7 Å². The molecule has 5 nitrogen and oxygen atoms in total. The van der Waals surface area contributed by atoms with E-state index in [9.17, 15) is 18.0 Å². The average molecular weight is 398 g/mol. The Hall–Kier alpha value is -2.09. The topological polar surface area (TPSA) is 69.6 Å². The fourth-order valence-corrected chi connectivity index (χ4v) is 4.19. The van der Waals surface area contributed by atoms with E-state index >= 15 is 0 Å². The lowest BCUT2D eigenvalue weighted by Crippen LogP contribution is -2.53. The smallest absolute Gasteiger partial charge is 0.475 e. The summed E-state index contributed by atoms with van der Waals surface area (Å²) in [6, 6.07) is 10.6. The summed E-state index contributed by atoms with van der Waals surface area (Å²) < 4.78 is 31.7. The molecule has 1 aromatic carbocycles. The van der Waals surface area contributed by atoms with Gasteiger partial charge < -0.3 is 15.3 Å². The third-order valence-corrected chi connectivity index (χ3v) is 5.85. The fourth-order valence-electron chi connectivity index (χ4n) is 4.19. The highest BCUT2D eigenvalue weighted by molar-refractivity contribution is 5.81. The Labute approximate surface area is 161 Å². The highest BCUT2D eigenvalue weighted by Crippen LogP contribution is 2.43. The van der Waals surface area contributed by atoms with E-state index in [1.54, 1.807) is 0 Å². The van der Waals surface area contributed by atoms with Crippen LogP contribution < -0.4 is 5.32 Å². The zero-order chi connectivity index (χ0) is 20.4. The molecule has 1 amide bonds. The lowest BCUT2D eigenvalue weighted by molar-refractivity contribution is -0.192. The highest BCUT2D eigenvalue weighted by Gasteiger charge is 2.48. The largest absolute Gasteiger partial charge is 0.490 e. The van der Waals surface area contributed by atoms with Gasteiger partial charge >= 0.3 is 12.1 Å². The van der Waals surface area contributed by atoms with E-state index in [-0.39, 0.29) is 11.4 Å². The number of hydrogen-bond acceptors (Lipinski definition) is 3. The van der Waals surface area contributed by atoms with Gasteiger partial charge in [0.15, 0.2) is 0 Å². The van der Waals surface area contributed by atoms with Gasteiger partial charge in [0.1, 0.15) is 0 Å². The minimum absolute atomic E-state index is 0.0124. The molecule has 1 atom stereocenters. The molecule has 1 aromatic rings. The maximum Gasteiger partial charge on any atom is 0.490 e. The molecule has 1 saturated carbocycles. The number of carbonyl (C=O) groups excluding carboxylic acids is 1. The van der Waals surface area contributed by atoms with Crippen molar-refractivity contribution < 1.29 is 27.9 Å². The molecule has 1 unspecified atom stereocenters. The zero-order valence-corrected chi connectivity index (χ0v) is 15.5. The van der Waals surface area contributed by atoms with Crippen molar-refractivity contribution in [3.63, 3.8) is 0 Å². The summed E-state index contributed by atoms with van der Waals surface area (Å²) in [5.74, 6) is -1.21. The average Bonchev–Trinajstić information content (AvgIpc) is 3.40. The third-order valence-electron chi connectivity index (χ3n) is 5.85. The molecular weight excluding hydrogens is 373 g/mol. The van der Waals surface area contributed by atoms with E-state index in [0.29, 0.717) is 12.3 Å². The lowest BCUT2D eigenvalue weighted by Gasteiger charge is -2.43. The molecule has 1 spiro atoms. The van der Waals surface area contributed by atoms with Gasteiger partial charge in [-0.15, -0.1) is 0 Å². The van der Waals surface area contributed by atoms with Crippen LogP contribution in [0.1, 0.15) is 43.6 Å². The van der Waals surface area contributed by atoms with E-state index in [1.807, 2.05) is 0 Å². The van der Waals surface area contributed by atoms with Crippen LogP contribution in [0.25, 0.3) is 0 Å². The molecule has 2 N–H and O–H groups in total. The molecule has 0 aromatic heterocycles. The van der Waals surface area contributed by atoms with Gasteiger partial charge in [-0.3, -0.25) is 4.79 Å². The molecule has 3 fully saturated rings. The van der Waals surface area contributed by atoms with Crippen LogP contribution in [0.4, 0.5) is 13.2 Å². The van der Waals surface area contributed by atoms with Gasteiger partial charge in [0.2, 0.25) is 5.91 Å². The van der Waals surface area contributed by atoms with Gasteiger partial charge in [0.05, 0.1) is 0 Å². The van der Waals surface area contributed by atoms with Crippen molar-refractivity contribution in [3.05, 3.63) is 35.9 Å². The summed E-state index contributed by atoms with van der Waals surface area (Å²) in [7, 11) is 0. The van der Waals surface area contributed by atoms with Crippen LogP contribution in [0.3, 0.4) is 0 Å². The Bertz CT molecular complexity index is 696. The van der Waals surface area contributed by atoms with Gasteiger partial charge in [-0.25, -0.2) is 4.79 Å². The van der Waals surface area contributed by atoms with Crippen molar-refractivity contribution >= 4 is 11.9 Å². The number of amides is 1. The first kappa shape index (κ1) is 20.6. The van der Waals surface area contributed by atoms with E-state index < -0.39 is 12.1 Å². The van der Waals surface area contributed by atoms with Crippen molar-refractivity contribution in [1.82, 2.24) is 10.2 Å². The first-order valence-electron chi connectivity index (χ1n) is 9.58. The number of hydrogen-bond donors (Lipinski definition) is 2. The number of halogens is 3. The van der Waals surface area contributed by atoms with Gasteiger partial charge in [-0.2, -0.15) is 13.2 Å². The predicted octanol–water partition coefficient (Wildman–Crippen LogP) is 3.17. The zero-order valence-electron chi connectivity index (χ0n) is 15.5. The number of piperidine rings is 1. The minimum Gasteiger partial charge on any atom is -0.475 e. The van der Waals surface area contributed by atoms with Crippen molar-refractivity contribution in [3.8, 4) is 0 Å². The molecule has 3 aliphatic rings. The highest BCUT2D eigenvalue weighted by atomic mass is 19.4. The van der Waals surface area contributed by atoms with Gasteiger partial charge in [-0.05, 0) is 37.2 Å². The number of alkyl halides is 3. The van der Waals surface area contributed by atoms with Gasteiger partial charge in [-0.1, -0.05) is 30.3 Å². The summed E-state index contributed by atoms with van der Waals surface area (Å²) >= 11 is 0. The maximum atomic E-state index is 12.0. The van der Waals surface area contributed by atoms with E-state index in [0.717, 1.165) is 31.8 Å². The molecule has 4 rings (SSSR count). The van der Waals surface area contributed by atoms with Crippen molar-refractivity contribution in [1.29, 1.82) is 0 Å². The van der Waals surface area contributed by atoms with Crippen LogP contribution >= 0.6 is 0 Å². The molecule has 2 aliphatic heterocycles. The van der Waals surface area contributed by atoms with Crippen LogP contribution in [0.5, 0.6) is 0 Å². The van der Waals surface area contributed by atoms with Gasteiger partial charge in [0, 0.05) is 37.5 Å². The van der Waals surface area contributed by atoms with Crippen LogP contribution in [0, 0.1) is 5.92 Å². The minimum atomic E-state index is -5.08. The van der Waals surface area contributed by atoms with E-state index in [1.165, 1.54) is 24.9 Å². The normalized spacial score (nSPS) is 24.4. The quantitative estimate of drug-likeness (QED) is 0.821. The van der Waals surface area contributed by atoms with E-state index in [2.05, 4.69) is 40.5 Å². The van der Waals surface area contributed by atoms with Crippen LogP contribution in [0.2, 0.25) is 0 Å². The number of aliphatic carboxylic acids is 1. The molecule has 154 valence electrons. The number of carbonyl (C=O) groups is 2. The molecule has 8 heteroatoms. The molecule has 2 heterocycles. The monoisotopic (exact) mass is 398 g/mol. The Morgan fingerprint density at radius 1 is 1.18 bits per heavy atom. The van der Waals surface area contributed by atoms with Gasteiger partial charge in [0.25, 0.3) is 0 Å². The summed E-state index contributed by atoms with van der Waals surface area (Å²) in [4.78, 5) is 23.5. The van der Waals surface area contributed by atoms with Crippen LogP contribution in [-0.2, 0) is 9.59 Å². The Morgan fingerprint density at radius 3 is 2.25 bits per heavy atom. The number of rotatable bonds is 3. The number of nitrogens with zero attached hydrogens (tertiary/aromatic N) is 1. The number of benzene rings is 1. The molecule has 0 bridgehead atoms. The first-order chi connectivity index (χ1) is 13.2.